The summed E-state index contributed by atoms with van der Waals surface area (Å²) in [6, 6.07) is 10.2. The predicted molar refractivity (Wildman–Crippen MR) is 73.1 cm³/mol. The molecule has 1 saturated heterocycles. The molecule has 0 unspecified atom stereocenters. The van der Waals surface area contributed by atoms with Gasteiger partial charge in [-0.2, -0.15) is 0 Å². The zero-order valence-corrected chi connectivity index (χ0v) is 10.9. The Labute approximate surface area is 109 Å². The zero-order chi connectivity index (χ0) is 12.5. The number of benzene rings is 1. The van der Waals surface area contributed by atoms with Gasteiger partial charge in [-0.3, -0.25) is 0 Å². The molecule has 0 spiro atoms. The first-order chi connectivity index (χ1) is 8.75. The molecule has 0 aliphatic carbocycles. The second-order valence-corrected chi connectivity index (χ2v) is 5.24. The molecule has 3 atom stereocenters. The smallest absolute Gasteiger partial charge is 0.0799 e. The third-order valence-corrected chi connectivity index (χ3v) is 4.09. The lowest BCUT2D eigenvalue weighted by Gasteiger charge is -2.28. The largest absolute Gasteiger partial charge is 0.370 e. The van der Waals surface area contributed by atoms with E-state index in [0.29, 0.717) is 18.1 Å². The van der Waals surface area contributed by atoms with E-state index in [9.17, 15) is 0 Å². The quantitative estimate of drug-likeness (QED) is 0.628. The molecule has 2 heterocycles. The maximum Gasteiger partial charge on any atom is 0.0799 e. The summed E-state index contributed by atoms with van der Waals surface area (Å²) >= 11 is 0. The van der Waals surface area contributed by atoms with Gasteiger partial charge in [-0.1, -0.05) is 37.0 Å². The van der Waals surface area contributed by atoms with E-state index in [0.717, 1.165) is 12.0 Å². The van der Waals surface area contributed by atoms with Crippen LogP contribution < -0.4 is 0 Å². The molecule has 18 heavy (non-hydrogen) atoms. The molecule has 0 aromatic heterocycles. The van der Waals surface area contributed by atoms with Gasteiger partial charge in [-0.15, -0.1) is 0 Å². The summed E-state index contributed by atoms with van der Waals surface area (Å²) in [5, 5.41) is 0. The van der Waals surface area contributed by atoms with Crippen LogP contribution in [0.15, 0.2) is 41.5 Å². The SMILES string of the molecule is CC1=C(C#Cc2ccccc2)[C@H](C)[C@H]2CC[C@@H]1O2. The van der Waals surface area contributed by atoms with Crippen molar-refractivity contribution in [1.29, 1.82) is 0 Å². The third-order valence-electron chi connectivity index (χ3n) is 4.09. The van der Waals surface area contributed by atoms with E-state index >= 15 is 0 Å². The topological polar surface area (TPSA) is 9.23 Å². The standard InChI is InChI=1S/C17H18O/c1-12-15(9-8-14-6-4-3-5-7-14)13(2)17-11-10-16(12)18-17/h3-7,12,16-17H,10-11H2,1-2H3/t12-,16+,17-/m0/s1. The summed E-state index contributed by atoms with van der Waals surface area (Å²) in [6.45, 7) is 4.42. The van der Waals surface area contributed by atoms with Crippen molar-refractivity contribution in [2.24, 2.45) is 5.92 Å². The Morgan fingerprint density at radius 1 is 1.11 bits per heavy atom. The van der Waals surface area contributed by atoms with Crippen LogP contribution >= 0.6 is 0 Å². The molecule has 92 valence electrons. The van der Waals surface area contributed by atoms with Gasteiger partial charge in [0.05, 0.1) is 12.2 Å². The fourth-order valence-corrected chi connectivity index (χ4v) is 2.94. The Balaban J connectivity index is 1.93. The number of fused-ring (bicyclic) bond motifs is 2. The van der Waals surface area contributed by atoms with Gasteiger partial charge in [0, 0.05) is 17.1 Å². The first-order valence-corrected chi connectivity index (χ1v) is 6.69. The molecule has 0 saturated carbocycles. The minimum absolute atomic E-state index is 0.325. The molecule has 0 radical (unpaired) electrons. The van der Waals surface area contributed by atoms with Gasteiger partial charge in [0.1, 0.15) is 0 Å². The van der Waals surface area contributed by atoms with E-state index in [4.69, 9.17) is 4.74 Å². The Kier molecular flexibility index (Phi) is 2.97. The van der Waals surface area contributed by atoms with E-state index in [-0.39, 0.29) is 0 Å². The Hall–Kier alpha value is -1.52. The first kappa shape index (κ1) is 11.6. The zero-order valence-electron chi connectivity index (χ0n) is 10.9. The molecule has 2 aliphatic rings. The van der Waals surface area contributed by atoms with E-state index in [1.54, 1.807) is 0 Å². The Morgan fingerprint density at radius 3 is 2.67 bits per heavy atom. The number of hydrogen-bond donors (Lipinski definition) is 0. The van der Waals surface area contributed by atoms with E-state index < -0.39 is 0 Å². The van der Waals surface area contributed by atoms with Crippen LogP contribution in [-0.4, -0.2) is 12.2 Å². The number of rotatable bonds is 0. The minimum Gasteiger partial charge on any atom is -0.370 e. The summed E-state index contributed by atoms with van der Waals surface area (Å²) in [4.78, 5) is 0. The van der Waals surface area contributed by atoms with Gasteiger partial charge < -0.3 is 4.74 Å². The second-order valence-electron chi connectivity index (χ2n) is 5.24. The highest BCUT2D eigenvalue weighted by molar-refractivity contribution is 5.45. The molecule has 3 rings (SSSR count). The highest BCUT2D eigenvalue weighted by Gasteiger charge is 2.37. The van der Waals surface area contributed by atoms with Crippen molar-refractivity contribution in [3.05, 3.63) is 47.0 Å². The highest BCUT2D eigenvalue weighted by atomic mass is 16.5. The fourth-order valence-electron chi connectivity index (χ4n) is 2.94. The summed E-state index contributed by atoms with van der Waals surface area (Å²) in [6.07, 6.45) is 3.06. The molecule has 2 bridgehead atoms. The second kappa shape index (κ2) is 4.63. The van der Waals surface area contributed by atoms with Gasteiger partial charge >= 0.3 is 0 Å². The predicted octanol–water partition coefficient (Wildman–Crippen LogP) is 3.55. The van der Waals surface area contributed by atoms with Crippen LogP contribution in [0.5, 0.6) is 0 Å². The average Bonchev–Trinajstić information content (AvgIpc) is 2.85. The number of hydrogen-bond acceptors (Lipinski definition) is 1. The van der Waals surface area contributed by atoms with Crippen molar-refractivity contribution in [2.75, 3.05) is 0 Å². The molecular formula is C17H18O. The molecule has 2 aliphatic heterocycles. The van der Waals surface area contributed by atoms with Gasteiger partial charge in [0.15, 0.2) is 0 Å². The Bertz CT molecular complexity index is 530. The lowest BCUT2D eigenvalue weighted by Crippen LogP contribution is -2.27. The monoisotopic (exact) mass is 238 g/mol. The van der Waals surface area contributed by atoms with Crippen LogP contribution in [0.3, 0.4) is 0 Å². The van der Waals surface area contributed by atoms with Crippen molar-refractivity contribution in [2.45, 2.75) is 38.9 Å². The first-order valence-electron chi connectivity index (χ1n) is 6.69. The molecule has 1 nitrogen and oxygen atoms in total. The van der Waals surface area contributed by atoms with Crippen molar-refractivity contribution in [3.8, 4) is 11.8 Å². The summed E-state index contributed by atoms with van der Waals surface area (Å²) in [5.74, 6) is 7.11. The lowest BCUT2D eigenvalue weighted by atomic mass is 9.90. The maximum atomic E-state index is 5.98. The van der Waals surface area contributed by atoms with Crippen LogP contribution in [0.4, 0.5) is 0 Å². The van der Waals surface area contributed by atoms with Crippen LogP contribution in [0.2, 0.25) is 0 Å². The molecular weight excluding hydrogens is 220 g/mol. The number of ether oxygens (including phenoxy) is 1. The van der Waals surface area contributed by atoms with Crippen LogP contribution in [0, 0.1) is 17.8 Å². The Morgan fingerprint density at radius 2 is 1.89 bits per heavy atom. The van der Waals surface area contributed by atoms with Crippen LogP contribution in [0.1, 0.15) is 32.3 Å². The molecule has 0 amide bonds. The molecule has 1 heteroatoms. The maximum absolute atomic E-state index is 5.98. The van der Waals surface area contributed by atoms with Gasteiger partial charge in [0.25, 0.3) is 0 Å². The van der Waals surface area contributed by atoms with Gasteiger partial charge in [-0.05, 0) is 37.5 Å². The normalized spacial score (nSPS) is 30.0. The van der Waals surface area contributed by atoms with Crippen LogP contribution in [0.25, 0.3) is 0 Å². The average molecular weight is 238 g/mol. The highest BCUT2D eigenvalue weighted by Crippen LogP contribution is 2.39. The van der Waals surface area contributed by atoms with Crippen molar-refractivity contribution in [1.82, 2.24) is 0 Å². The molecule has 0 N–H and O–H groups in total. The molecule has 1 aromatic rings. The van der Waals surface area contributed by atoms with Crippen LogP contribution in [-0.2, 0) is 4.74 Å². The fraction of sp³-hybridized carbons (Fsp3) is 0.412. The third kappa shape index (κ3) is 1.98. The minimum atomic E-state index is 0.325. The van der Waals surface area contributed by atoms with E-state index in [1.807, 2.05) is 18.2 Å². The molecule has 1 fully saturated rings. The van der Waals surface area contributed by atoms with E-state index in [1.165, 1.54) is 17.6 Å². The van der Waals surface area contributed by atoms with Crippen molar-refractivity contribution >= 4 is 0 Å². The van der Waals surface area contributed by atoms with Gasteiger partial charge in [-0.25, -0.2) is 0 Å². The lowest BCUT2D eigenvalue weighted by molar-refractivity contribution is 0.0280. The van der Waals surface area contributed by atoms with Crippen molar-refractivity contribution < 1.29 is 4.74 Å². The van der Waals surface area contributed by atoms with Gasteiger partial charge in [0.2, 0.25) is 0 Å². The molecule has 1 aromatic carbocycles. The summed E-state index contributed by atoms with van der Waals surface area (Å²) < 4.78 is 5.98. The van der Waals surface area contributed by atoms with Crippen molar-refractivity contribution in [3.63, 3.8) is 0 Å². The summed E-state index contributed by atoms with van der Waals surface area (Å²) in [5.41, 5.74) is 3.74. The summed E-state index contributed by atoms with van der Waals surface area (Å²) in [7, 11) is 0. The van der Waals surface area contributed by atoms with E-state index in [2.05, 4.69) is 37.8 Å².